The van der Waals surface area contributed by atoms with Crippen LogP contribution in [0.25, 0.3) is 10.9 Å². The summed E-state index contributed by atoms with van der Waals surface area (Å²) in [6, 6.07) is 12.8. The van der Waals surface area contributed by atoms with E-state index in [9.17, 15) is 18.0 Å². The lowest BCUT2D eigenvalue weighted by Crippen LogP contribution is -2.37. The maximum Gasteiger partial charge on any atom is 0.416 e. The van der Waals surface area contributed by atoms with Crippen LogP contribution in [0.2, 0.25) is 0 Å². The van der Waals surface area contributed by atoms with Crippen molar-refractivity contribution in [2.75, 3.05) is 19.6 Å². The van der Waals surface area contributed by atoms with E-state index in [4.69, 9.17) is 0 Å². The number of Topliss-reactive ketones (excluding diaryl/α,β-unsaturated/α-hetero) is 1. The standard InChI is InChI=1S/C23H23F3N2O/c24-23(25,26)19-7-5-16(6-8-19)22(29)17-9-12-28(13-10-17)14-11-18-15-27-21-4-2-1-3-20(18)21/h1-8,15,17,27H,9-14H2. The van der Waals surface area contributed by atoms with Crippen molar-refractivity contribution in [2.45, 2.75) is 25.4 Å². The Morgan fingerprint density at radius 2 is 1.72 bits per heavy atom. The number of carbonyl (C=O) groups excluding carboxylic acids is 1. The van der Waals surface area contributed by atoms with E-state index in [1.54, 1.807) is 0 Å². The Labute approximate surface area is 167 Å². The molecular weight excluding hydrogens is 377 g/mol. The van der Waals surface area contributed by atoms with Gasteiger partial charge in [0.15, 0.2) is 5.78 Å². The minimum absolute atomic E-state index is 0.0463. The Kier molecular flexibility index (Phi) is 5.46. The first kappa shape index (κ1) is 19.7. The monoisotopic (exact) mass is 400 g/mol. The summed E-state index contributed by atoms with van der Waals surface area (Å²) >= 11 is 0. The minimum atomic E-state index is -4.38. The van der Waals surface area contributed by atoms with Gasteiger partial charge in [-0.05, 0) is 56.1 Å². The number of benzene rings is 2. The third kappa shape index (κ3) is 4.37. The van der Waals surface area contributed by atoms with Crippen molar-refractivity contribution < 1.29 is 18.0 Å². The summed E-state index contributed by atoms with van der Waals surface area (Å²) < 4.78 is 38.1. The van der Waals surface area contributed by atoms with Gasteiger partial charge < -0.3 is 9.88 Å². The lowest BCUT2D eigenvalue weighted by atomic mass is 9.88. The largest absolute Gasteiger partial charge is 0.416 e. The Morgan fingerprint density at radius 1 is 1.03 bits per heavy atom. The normalized spacial score (nSPS) is 16.4. The van der Waals surface area contributed by atoms with E-state index in [0.717, 1.165) is 56.5 Å². The first-order valence-corrected chi connectivity index (χ1v) is 9.90. The number of nitrogens with one attached hydrogen (secondary N) is 1. The van der Waals surface area contributed by atoms with Crippen LogP contribution in [0.15, 0.2) is 54.7 Å². The number of H-pyrrole nitrogens is 1. The number of ketones is 1. The molecule has 1 fully saturated rings. The Balaban J connectivity index is 1.30. The third-order valence-electron chi connectivity index (χ3n) is 5.83. The Hall–Kier alpha value is -2.60. The fourth-order valence-corrected chi connectivity index (χ4v) is 4.09. The number of hydrogen-bond donors (Lipinski definition) is 1. The number of alkyl halides is 3. The van der Waals surface area contributed by atoms with Gasteiger partial charge in [0.1, 0.15) is 0 Å². The molecular formula is C23H23F3N2O. The molecule has 1 aliphatic rings. The van der Waals surface area contributed by atoms with Gasteiger partial charge in [0.05, 0.1) is 5.56 Å². The van der Waals surface area contributed by atoms with E-state index >= 15 is 0 Å². The molecule has 1 saturated heterocycles. The van der Waals surface area contributed by atoms with Crippen molar-refractivity contribution in [1.82, 2.24) is 9.88 Å². The van der Waals surface area contributed by atoms with Crippen molar-refractivity contribution >= 4 is 16.7 Å². The van der Waals surface area contributed by atoms with Gasteiger partial charge in [0.2, 0.25) is 0 Å². The fraction of sp³-hybridized carbons (Fsp3) is 0.348. The summed E-state index contributed by atoms with van der Waals surface area (Å²) in [7, 11) is 0. The number of fused-ring (bicyclic) bond motifs is 1. The summed E-state index contributed by atoms with van der Waals surface area (Å²) in [5.74, 6) is -0.161. The maximum absolute atomic E-state index is 12.7. The number of rotatable bonds is 5. The van der Waals surface area contributed by atoms with Crippen molar-refractivity contribution in [2.24, 2.45) is 5.92 Å². The van der Waals surface area contributed by atoms with E-state index in [-0.39, 0.29) is 11.7 Å². The third-order valence-corrected chi connectivity index (χ3v) is 5.83. The Morgan fingerprint density at radius 3 is 2.41 bits per heavy atom. The van der Waals surface area contributed by atoms with Crippen LogP contribution in [-0.4, -0.2) is 35.3 Å². The molecule has 29 heavy (non-hydrogen) atoms. The molecule has 0 saturated carbocycles. The molecule has 0 radical (unpaired) electrons. The van der Waals surface area contributed by atoms with Gasteiger partial charge >= 0.3 is 6.18 Å². The van der Waals surface area contributed by atoms with Crippen LogP contribution < -0.4 is 0 Å². The first-order chi connectivity index (χ1) is 13.9. The Bertz CT molecular complexity index is 983. The van der Waals surface area contributed by atoms with E-state index in [2.05, 4.69) is 28.2 Å². The molecule has 2 aromatic carbocycles. The molecule has 3 nitrogen and oxygen atoms in total. The van der Waals surface area contributed by atoms with Crippen molar-refractivity contribution in [3.05, 3.63) is 71.4 Å². The van der Waals surface area contributed by atoms with Crippen LogP contribution in [0.5, 0.6) is 0 Å². The fourth-order valence-electron chi connectivity index (χ4n) is 4.09. The molecule has 0 atom stereocenters. The zero-order chi connectivity index (χ0) is 20.4. The van der Waals surface area contributed by atoms with Crippen molar-refractivity contribution in [3.63, 3.8) is 0 Å². The number of piperidine rings is 1. The van der Waals surface area contributed by atoms with Crippen LogP contribution in [0.3, 0.4) is 0 Å². The zero-order valence-corrected chi connectivity index (χ0v) is 16.0. The second-order valence-electron chi connectivity index (χ2n) is 7.66. The molecule has 3 aromatic rings. The van der Waals surface area contributed by atoms with Gasteiger partial charge in [-0.15, -0.1) is 0 Å². The highest BCUT2D eigenvalue weighted by molar-refractivity contribution is 5.98. The van der Waals surface area contributed by atoms with Crippen molar-refractivity contribution in [1.29, 1.82) is 0 Å². The molecule has 0 amide bonds. The summed E-state index contributed by atoms with van der Waals surface area (Å²) in [4.78, 5) is 18.3. The summed E-state index contributed by atoms with van der Waals surface area (Å²) in [6.07, 6.45) is 0.117. The minimum Gasteiger partial charge on any atom is -0.361 e. The number of aromatic amines is 1. The zero-order valence-electron chi connectivity index (χ0n) is 16.0. The van der Waals surface area contributed by atoms with Crippen LogP contribution in [0.1, 0.15) is 34.3 Å². The predicted octanol–water partition coefficient (Wildman–Crippen LogP) is 5.32. The lowest BCUT2D eigenvalue weighted by Gasteiger charge is -2.31. The molecule has 1 N–H and O–H groups in total. The smallest absolute Gasteiger partial charge is 0.361 e. The topological polar surface area (TPSA) is 36.1 Å². The number of halogens is 3. The van der Waals surface area contributed by atoms with E-state index in [1.165, 1.54) is 23.1 Å². The second kappa shape index (κ2) is 8.03. The molecule has 4 rings (SSSR count). The van der Waals surface area contributed by atoms with Gasteiger partial charge in [0, 0.05) is 35.1 Å². The second-order valence-corrected chi connectivity index (χ2v) is 7.66. The van der Waals surface area contributed by atoms with Crippen LogP contribution in [0.4, 0.5) is 13.2 Å². The van der Waals surface area contributed by atoms with Gasteiger partial charge in [-0.2, -0.15) is 13.2 Å². The molecule has 2 heterocycles. The van der Waals surface area contributed by atoms with Crippen LogP contribution in [-0.2, 0) is 12.6 Å². The molecule has 0 unspecified atom stereocenters. The van der Waals surface area contributed by atoms with Gasteiger partial charge in [-0.1, -0.05) is 30.3 Å². The first-order valence-electron chi connectivity index (χ1n) is 9.90. The number of aromatic nitrogens is 1. The van der Waals surface area contributed by atoms with Gasteiger partial charge in [-0.3, -0.25) is 4.79 Å². The molecule has 0 spiro atoms. The highest BCUT2D eigenvalue weighted by atomic mass is 19.4. The molecule has 0 bridgehead atoms. The molecule has 1 aromatic heterocycles. The SMILES string of the molecule is O=C(c1ccc(C(F)(F)F)cc1)C1CCN(CCc2c[nH]c3ccccc23)CC1. The van der Waals surface area contributed by atoms with Crippen molar-refractivity contribution in [3.8, 4) is 0 Å². The molecule has 1 aliphatic heterocycles. The van der Waals surface area contributed by atoms with Gasteiger partial charge in [-0.25, -0.2) is 0 Å². The predicted molar refractivity (Wildman–Crippen MR) is 107 cm³/mol. The van der Waals surface area contributed by atoms with Crippen LogP contribution in [0, 0.1) is 5.92 Å². The number of nitrogens with zero attached hydrogens (tertiary/aromatic N) is 1. The summed E-state index contributed by atoms with van der Waals surface area (Å²) in [6.45, 7) is 2.60. The van der Waals surface area contributed by atoms with E-state index < -0.39 is 11.7 Å². The summed E-state index contributed by atoms with van der Waals surface area (Å²) in [5.41, 5.74) is 2.09. The highest BCUT2D eigenvalue weighted by Crippen LogP contribution is 2.30. The molecule has 0 aliphatic carbocycles. The average molecular weight is 400 g/mol. The highest BCUT2D eigenvalue weighted by Gasteiger charge is 2.31. The number of carbonyl (C=O) groups is 1. The summed E-state index contributed by atoms with van der Waals surface area (Å²) in [5, 5.41) is 1.25. The van der Waals surface area contributed by atoms with E-state index in [0.29, 0.717) is 5.56 Å². The molecule has 152 valence electrons. The van der Waals surface area contributed by atoms with Crippen LogP contribution >= 0.6 is 0 Å². The lowest BCUT2D eigenvalue weighted by molar-refractivity contribution is -0.137. The molecule has 6 heteroatoms. The quantitative estimate of drug-likeness (QED) is 0.588. The van der Waals surface area contributed by atoms with E-state index in [1.807, 2.05) is 12.1 Å². The number of para-hydroxylation sites is 1. The average Bonchev–Trinajstić information content (AvgIpc) is 3.15. The number of hydrogen-bond acceptors (Lipinski definition) is 2. The van der Waals surface area contributed by atoms with Gasteiger partial charge in [0.25, 0.3) is 0 Å². The maximum atomic E-state index is 12.7. The number of likely N-dealkylation sites (tertiary alicyclic amines) is 1.